The number of aromatic nitrogens is 2. The highest BCUT2D eigenvalue weighted by molar-refractivity contribution is 5.16. The average Bonchev–Trinajstić information content (AvgIpc) is 2.83. The van der Waals surface area contributed by atoms with Crippen LogP contribution in [-0.4, -0.2) is 33.8 Å². The van der Waals surface area contributed by atoms with Gasteiger partial charge in [-0.3, -0.25) is 4.68 Å². The maximum absolute atomic E-state index is 5.67. The van der Waals surface area contributed by atoms with Gasteiger partial charge in [0.1, 0.15) is 0 Å². The molecule has 0 saturated carbocycles. The van der Waals surface area contributed by atoms with E-state index in [2.05, 4.69) is 29.9 Å². The predicted octanol–water partition coefficient (Wildman–Crippen LogP) is 1.08. The molecule has 4 nitrogen and oxygen atoms in total. The summed E-state index contributed by atoms with van der Waals surface area (Å²) in [5.74, 6) is 0.592. The summed E-state index contributed by atoms with van der Waals surface area (Å²) in [7, 11) is 1.97. The molecule has 1 aliphatic heterocycles. The second-order valence-electron chi connectivity index (χ2n) is 4.96. The van der Waals surface area contributed by atoms with Gasteiger partial charge in [0, 0.05) is 32.1 Å². The number of rotatable bonds is 3. The number of likely N-dealkylation sites (tertiary alicyclic amines) is 1. The molecule has 1 aromatic heterocycles. The van der Waals surface area contributed by atoms with Crippen LogP contribution in [0.15, 0.2) is 6.07 Å². The summed E-state index contributed by atoms with van der Waals surface area (Å²) in [6.07, 6.45) is 1.22. The Morgan fingerprint density at radius 2 is 2.31 bits per heavy atom. The van der Waals surface area contributed by atoms with Crippen molar-refractivity contribution in [3.8, 4) is 0 Å². The molecule has 1 fully saturated rings. The predicted molar refractivity (Wildman–Crippen MR) is 65.2 cm³/mol. The molecule has 4 heteroatoms. The van der Waals surface area contributed by atoms with E-state index in [1.165, 1.54) is 18.7 Å². The minimum Gasteiger partial charge on any atom is -0.325 e. The van der Waals surface area contributed by atoms with Gasteiger partial charge in [-0.2, -0.15) is 5.10 Å². The summed E-state index contributed by atoms with van der Waals surface area (Å²) in [5, 5.41) is 4.57. The first-order chi connectivity index (χ1) is 7.61. The minimum atomic E-state index is 0.574. The van der Waals surface area contributed by atoms with Gasteiger partial charge in [0.15, 0.2) is 0 Å². The zero-order valence-corrected chi connectivity index (χ0v) is 10.5. The Hall–Kier alpha value is -0.870. The standard InChI is InChI=1S/C12H22N4/c1-9(2)16-5-4-10(8-16)12-6-11(7-13)15(3)14-12/h6,9-10H,4-5,7-8,13H2,1-3H3. The highest BCUT2D eigenvalue weighted by atomic mass is 15.3. The fourth-order valence-electron chi connectivity index (χ4n) is 2.42. The van der Waals surface area contributed by atoms with Crippen molar-refractivity contribution in [2.75, 3.05) is 13.1 Å². The topological polar surface area (TPSA) is 47.1 Å². The van der Waals surface area contributed by atoms with Crippen LogP contribution >= 0.6 is 0 Å². The summed E-state index contributed by atoms with van der Waals surface area (Å²) in [4.78, 5) is 2.52. The van der Waals surface area contributed by atoms with Crippen LogP contribution in [0.5, 0.6) is 0 Å². The molecule has 0 bridgehead atoms. The van der Waals surface area contributed by atoms with Crippen molar-refractivity contribution in [1.29, 1.82) is 0 Å². The maximum Gasteiger partial charge on any atom is 0.0672 e. The summed E-state index contributed by atoms with van der Waals surface area (Å²) < 4.78 is 1.91. The smallest absolute Gasteiger partial charge is 0.0672 e. The number of nitrogens with two attached hydrogens (primary N) is 1. The molecule has 1 unspecified atom stereocenters. The van der Waals surface area contributed by atoms with Gasteiger partial charge >= 0.3 is 0 Å². The van der Waals surface area contributed by atoms with Gasteiger partial charge < -0.3 is 10.6 Å². The molecule has 0 aromatic carbocycles. The molecule has 1 aliphatic rings. The van der Waals surface area contributed by atoms with E-state index in [4.69, 9.17) is 5.73 Å². The van der Waals surface area contributed by atoms with Gasteiger partial charge in [-0.05, 0) is 32.9 Å². The van der Waals surface area contributed by atoms with Crippen LogP contribution in [0.4, 0.5) is 0 Å². The summed E-state index contributed by atoms with van der Waals surface area (Å²) >= 11 is 0. The monoisotopic (exact) mass is 222 g/mol. The molecule has 2 heterocycles. The largest absolute Gasteiger partial charge is 0.325 e. The van der Waals surface area contributed by atoms with Crippen LogP contribution in [0.2, 0.25) is 0 Å². The lowest BCUT2D eigenvalue weighted by molar-refractivity contribution is 0.272. The second-order valence-corrected chi connectivity index (χ2v) is 4.96. The Balaban J connectivity index is 2.08. The lowest BCUT2D eigenvalue weighted by Crippen LogP contribution is -2.27. The minimum absolute atomic E-state index is 0.574. The lowest BCUT2D eigenvalue weighted by atomic mass is 10.1. The number of nitrogens with zero attached hydrogens (tertiary/aromatic N) is 3. The zero-order valence-electron chi connectivity index (χ0n) is 10.5. The molecule has 90 valence electrons. The number of hydrogen-bond donors (Lipinski definition) is 1. The fraction of sp³-hybridized carbons (Fsp3) is 0.750. The van der Waals surface area contributed by atoms with Gasteiger partial charge in [-0.1, -0.05) is 0 Å². The van der Waals surface area contributed by atoms with Gasteiger partial charge in [0.2, 0.25) is 0 Å². The normalized spacial score (nSPS) is 22.2. The van der Waals surface area contributed by atoms with Crippen LogP contribution in [0.3, 0.4) is 0 Å². The van der Waals surface area contributed by atoms with Crippen LogP contribution < -0.4 is 5.73 Å². The first-order valence-corrected chi connectivity index (χ1v) is 6.08. The summed E-state index contributed by atoms with van der Waals surface area (Å²) in [5.41, 5.74) is 8.00. The van der Waals surface area contributed by atoms with Gasteiger partial charge in [-0.15, -0.1) is 0 Å². The molecule has 2 N–H and O–H groups in total. The second kappa shape index (κ2) is 4.55. The first-order valence-electron chi connectivity index (χ1n) is 6.08. The molecule has 2 rings (SSSR count). The third-order valence-corrected chi connectivity index (χ3v) is 3.57. The van der Waals surface area contributed by atoms with Crippen LogP contribution in [0.25, 0.3) is 0 Å². The Morgan fingerprint density at radius 3 is 2.81 bits per heavy atom. The van der Waals surface area contributed by atoms with Crippen LogP contribution in [-0.2, 0) is 13.6 Å². The molecule has 0 radical (unpaired) electrons. The molecule has 16 heavy (non-hydrogen) atoms. The highest BCUT2D eigenvalue weighted by Gasteiger charge is 2.27. The van der Waals surface area contributed by atoms with E-state index >= 15 is 0 Å². The SMILES string of the molecule is CC(C)N1CCC(c2cc(CN)n(C)n2)C1. The Kier molecular flexibility index (Phi) is 3.30. The van der Waals surface area contributed by atoms with Crippen molar-refractivity contribution in [3.63, 3.8) is 0 Å². The summed E-state index contributed by atoms with van der Waals surface area (Å²) in [6.45, 7) is 7.41. The van der Waals surface area contributed by atoms with E-state index in [9.17, 15) is 0 Å². The van der Waals surface area contributed by atoms with E-state index in [1.54, 1.807) is 0 Å². The van der Waals surface area contributed by atoms with Gasteiger partial charge in [0.25, 0.3) is 0 Å². The quantitative estimate of drug-likeness (QED) is 0.832. The Bertz CT molecular complexity index is 356. The van der Waals surface area contributed by atoms with E-state index in [1.807, 2.05) is 11.7 Å². The van der Waals surface area contributed by atoms with E-state index in [0.29, 0.717) is 18.5 Å². The third kappa shape index (κ3) is 2.13. The fourth-order valence-corrected chi connectivity index (χ4v) is 2.42. The first kappa shape index (κ1) is 11.6. The number of aryl methyl sites for hydroxylation is 1. The molecular weight excluding hydrogens is 200 g/mol. The van der Waals surface area contributed by atoms with Gasteiger partial charge in [-0.25, -0.2) is 0 Å². The number of hydrogen-bond acceptors (Lipinski definition) is 3. The van der Waals surface area contributed by atoms with E-state index in [0.717, 1.165) is 12.2 Å². The van der Waals surface area contributed by atoms with Crippen molar-refractivity contribution < 1.29 is 0 Å². The summed E-state index contributed by atoms with van der Waals surface area (Å²) in [6, 6.07) is 2.80. The molecule has 1 aromatic rings. The van der Waals surface area contributed by atoms with Crippen molar-refractivity contribution >= 4 is 0 Å². The zero-order chi connectivity index (χ0) is 11.7. The average molecular weight is 222 g/mol. The molecular formula is C12H22N4. The highest BCUT2D eigenvalue weighted by Crippen LogP contribution is 2.27. The third-order valence-electron chi connectivity index (χ3n) is 3.57. The van der Waals surface area contributed by atoms with Gasteiger partial charge in [0.05, 0.1) is 11.4 Å². The maximum atomic E-state index is 5.67. The van der Waals surface area contributed by atoms with E-state index in [-0.39, 0.29) is 0 Å². The van der Waals surface area contributed by atoms with E-state index < -0.39 is 0 Å². The Morgan fingerprint density at radius 1 is 1.56 bits per heavy atom. The molecule has 1 saturated heterocycles. The van der Waals surface area contributed by atoms with Crippen molar-refractivity contribution in [3.05, 3.63) is 17.5 Å². The van der Waals surface area contributed by atoms with Crippen molar-refractivity contribution in [2.45, 2.75) is 38.8 Å². The van der Waals surface area contributed by atoms with Crippen molar-refractivity contribution in [2.24, 2.45) is 12.8 Å². The molecule has 0 aliphatic carbocycles. The molecule has 0 spiro atoms. The molecule has 0 amide bonds. The Labute approximate surface area is 97.4 Å². The van der Waals surface area contributed by atoms with Crippen molar-refractivity contribution in [1.82, 2.24) is 14.7 Å². The van der Waals surface area contributed by atoms with Crippen LogP contribution in [0, 0.1) is 0 Å². The van der Waals surface area contributed by atoms with Crippen LogP contribution in [0.1, 0.15) is 37.6 Å². The lowest BCUT2D eigenvalue weighted by Gasteiger charge is -2.19. The molecule has 1 atom stereocenters.